The number of nitriles is 1. The lowest BCUT2D eigenvalue weighted by molar-refractivity contribution is 0.127. The number of nitrogen functional groups attached to an aromatic ring is 2. The van der Waals surface area contributed by atoms with Crippen molar-refractivity contribution in [1.82, 2.24) is 8.87 Å². The molecule has 0 saturated heterocycles. The minimum atomic E-state index is -1.41. The number of hydrogen-bond donors (Lipinski definition) is 5. The van der Waals surface area contributed by atoms with Crippen LogP contribution >= 0.6 is 0 Å². The number of aliphatic hydroxyl groups excluding tert-OH is 2. The molecule has 10 nitrogen and oxygen atoms in total. The Kier molecular flexibility index (Phi) is 11.7. The first-order valence-electron chi connectivity index (χ1n) is 10.9. The van der Waals surface area contributed by atoms with Gasteiger partial charge in [-0.2, -0.15) is 5.26 Å². The second-order valence-corrected chi connectivity index (χ2v) is 9.51. The molecule has 188 valence electrons. The molecular formula is C23H35N5O5S. The first kappa shape index (κ1) is 29.1. The lowest BCUT2D eigenvalue weighted by Crippen LogP contribution is -2.37. The molecule has 2 aromatic rings. The van der Waals surface area contributed by atoms with Crippen LogP contribution in [0.2, 0.25) is 0 Å². The molecule has 0 bridgehead atoms. The van der Waals surface area contributed by atoms with E-state index in [9.17, 15) is 24.3 Å². The van der Waals surface area contributed by atoms with E-state index in [2.05, 4.69) is 0 Å². The number of hydrogen-bond acceptors (Lipinski definition) is 8. The van der Waals surface area contributed by atoms with Crippen LogP contribution < -0.4 is 17.0 Å². The van der Waals surface area contributed by atoms with Crippen LogP contribution in [-0.4, -0.2) is 53.7 Å². The Morgan fingerprint density at radius 3 is 2.12 bits per heavy atom. The molecule has 1 aromatic heterocycles. The lowest BCUT2D eigenvalue weighted by Gasteiger charge is -2.23. The maximum atomic E-state index is 12.3. The molecule has 1 aromatic carbocycles. The number of unbranched alkanes of at least 4 members (excludes halogenated alkanes) is 1. The highest BCUT2D eigenvalue weighted by atomic mass is 32.2. The Bertz CT molecular complexity index is 1050. The Hall–Kier alpha value is -2.91. The van der Waals surface area contributed by atoms with E-state index < -0.39 is 28.8 Å². The summed E-state index contributed by atoms with van der Waals surface area (Å²) in [7, 11) is -1.41. The maximum absolute atomic E-state index is 12.3. The standard InChI is InChI=1S/C12H20N2O3S.C11H15N3O2/c1-9(15)7-14(8-10(2)16)18(17)12-5-3-11(13)4-6-12;1-3-4-5-14-10(15)8(6-12)7(2)9(13)11(14)16/h3-6,9-10,15-16H,7-8,13H2,1-2H3;15H,3-5,13H2,1-2H3. The van der Waals surface area contributed by atoms with Crippen molar-refractivity contribution in [3.05, 3.63) is 45.7 Å². The van der Waals surface area contributed by atoms with Crippen molar-refractivity contribution in [2.75, 3.05) is 24.6 Å². The van der Waals surface area contributed by atoms with Gasteiger partial charge in [-0.1, -0.05) is 13.3 Å². The molecule has 2 rings (SSSR count). The van der Waals surface area contributed by atoms with E-state index in [4.69, 9.17) is 16.7 Å². The molecule has 0 radical (unpaired) electrons. The minimum Gasteiger partial charge on any atom is -0.493 e. The average molecular weight is 494 g/mol. The molecule has 0 aliphatic rings. The van der Waals surface area contributed by atoms with Gasteiger partial charge in [0.2, 0.25) is 5.88 Å². The van der Waals surface area contributed by atoms with E-state index in [0.717, 1.165) is 17.4 Å². The summed E-state index contributed by atoms with van der Waals surface area (Å²) in [6.07, 6.45) is 0.422. The fourth-order valence-corrected chi connectivity index (χ4v) is 4.40. The van der Waals surface area contributed by atoms with Crippen molar-refractivity contribution in [2.24, 2.45) is 0 Å². The van der Waals surface area contributed by atoms with E-state index in [1.54, 1.807) is 49.3 Å². The highest BCUT2D eigenvalue weighted by molar-refractivity contribution is 7.82. The monoisotopic (exact) mass is 493 g/mol. The van der Waals surface area contributed by atoms with Gasteiger partial charge in [0.05, 0.1) is 17.1 Å². The van der Waals surface area contributed by atoms with E-state index in [0.29, 0.717) is 22.7 Å². The van der Waals surface area contributed by atoms with Gasteiger partial charge in [0, 0.05) is 30.9 Å². The van der Waals surface area contributed by atoms with Gasteiger partial charge < -0.3 is 26.8 Å². The number of anilines is 2. The van der Waals surface area contributed by atoms with Gasteiger partial charge in [0.15, 0.2) is 0 Å². The quantitative estimate of drug-likeness (QED) is 0.326. The van der Waals surface area contributed by atoms with Crippen LogP contribution in [0.15, 0.2) is 34.0 Å². The zero-order valence-electron chi connectivity index (χ0n) is 20.1. The van der Waals surface area contributed by atoms with E-state index in [1.807, 2.05) is 13.0 Å². The third kappa shape index (κ3) is 8.14. The molecule has 3 atom stereocenters. The Balaban J connectivity index is 0.000000342. The van der Waals surface area contributed by atoms with E-state index in [1.165, 1.54) is 0 Å². The van der Waals surface area contributed by atoms with Gasteiger partial charge in [0.25, 0.3) is 5.56 Å². The number of aromatic nitrogens is 1. The summed E-state index contributed by atoms with van der Waals surface area (Å²) in [5.74, 6) is -0.285. The van der Waals surface area contributed by atoms with Crippen LogP contribution in [0.1, 0.15) is 44.7 Å². The first-order valence-corrected chi connectivity index (χ1v) is 12.1. The van der Waals surface area contributed by atoms with Crippen LogP contribution in [-0.2, 0) is 17.5 Å². The average Bonchev–Trinajstić information content (AvgIpc) is 2.77. The third-order valence-corrected chi connectivity index (χ3v) is 6.28. The van der Waals surface area contributed by atoms with Gasteiger partial charge in [0.1, 0.15) is 28.3 Å². The maximum Gasteiger partial charge on any atom is 0.276 e. The molecule has 1 heterocycles. The van der Waals surface area contributed by atoms with Crippen LogP contribution in [0, 0.1) is 18.3 Å². The van der Waals surface area contributed by atoms with Gasteiger partial charge in [-0.15, -0.1) is 0 Å². The van der Waals surface area contributed by atoms with Crippen molar-refractivity contribution in [1.29, 1.82) is 5.26 Å². The molecule has 0 saturated carbocycles. The fourth-order valence-electron chi connectivity index (χ4n) is 3.03. The number of pyridine rings is 1. The smallest absolute Gasteiger partial charge is 0.276 e. The molecular weight excluding hydrogens is 458 g/mol. The van der Waals surface area contributed by atoms with Crippen molar-refractivity contribution >= 4 is 22.4 Å². The van der Waals surface area contributed by atoms with Gasteiger partial charge in [-0.3, -0.25) is 9.36 Å². The molecule has 7 N–H and O–H groups in total. The van der Waals surface area contributed by atoms with Gasteiger partial charge >= 0.3 is 0 Å². The predicted molar refractivity (Wildman–Crippen MR) is 133 cm³/mol. The second kappa shape index (κ2) is 13.7. The zero-order valence-corrected chi connectivity index (χ0v) is 20.9. The molecule has 0 fully saturated rings. The topological polar surface area (TPSA) is 179 Å². The van der Waals surface area contributed by atoms with Gasteiger partial charge in [-0.05, 0) is 51.5 Å². The summed E-state index contributed by atoms with van der Waals surface area (Å²) in [4.78, 5) is 12.4. The largest absolute Gasteiger partial charge is 0.493 e. The normalized spacial score (nSPS) is 13.5. The highest BCUT2D eigenvalue weighted by Gasteiger charge is 2.19. The molecule has 0 aliphatic carbocycles. The highest BCUT2D eigenvalue weighted by Crippen LogP contribution is 2.22. The summed E-state index contributed by atoms with van der Waals surface area (Å²) in [6, 6.07) is 8.58. The third-order valence-electron chi connectivity index (χ3n) is 4.83. The number of benzene rings is 1. The summed E-state index contributed by atoms with van der Waals surface area (Å²) in [5.41, 5.74) is 11.8. The lowest BCUT2D eigenvalue weighted by atomic mass is 10.1. The Morgan fingerprint density at radius 1 is 1.15 bits per heavy atom. The van der Waals surface area contributed by atoms with Crippen molar-refractivity contribution in [3.8, 4) is 11.9 Å². The van der Waals surface area contributed by atoms with E-state index in [-0.39, 0.29) is 30.2 Å². The predicted octanol–water partition coefficient (Wildman–Crippen LogP) is 1.47. The molecule has 0 spiro atoms. The number of rotatable bonds is 9. The SMILES string of the molecule is CC(O)CN(CC(C)O)S(=O)c1ccc(N)cc1.CCCCn1c(O)c(C#N)c(C)c(N)c1=O. The molecule has 34 heavy (non-hydrogen) atoms. The number of aliphatic hydroxyl groups is 2. The van der Waals surface area contributed by atoms with Crippen molar-refractivity contribution in [3.63, 3.8) is 0 Å². The van der Waals surface area contributed by atoms with Crippen LogP contribution in [0.5, 0.6) is 5.88 Å². The number of nitrogens with zero attached hydrogens (tertiary/aromatic N) is 3. The van der Waals surface area contributed by atoms with E-state index >= 15 is 0 Å². The van der Waals surface area contributed by atoms with Crippen molar-refractivity contribution in [2.45, 2.75) is 64.2 Å². The summed E-state index contributed by atoms with van der Waals surface area (Å²) >= 11 is 0. The second-order valence-electron chi connectivity index (χ2n) is 8.02. The molecule has 0 amide bonds. The molecule has 11 heteroatoms. The van der Waals surface area contributed by atoms with Crippen molar-refractivity contribution < 1.29 is 19.5 Å². The van der Waals surface area contributed by atoms with Crippen LogP contribution in [0.4, 0.5) is 11.4 Å². The number of nitrogens with two attached hydrogens (primary N) is 2. The first-order chi connectivity index (χ1) is 15.9. The van der Waals surface area contributed by atoms with Gasteiger partial charge in [-0.25, -0.2) is 8.51 Å². The molecule has 0 aliphatic heterocycles. The summed E-state index contributed by atoms with van der Waals surface area (Å²) in [5, 5.41) is 37.5. The Morgan fingerprint density at radius 2 is 1.68 bits per heavy atom. The Labute approximate surface area is 202 Å². The van der Waals surface area contributed by atoms with Crippen LogP contribution in [0.3, 0.4) is 0 Å². The summed E-state index contributed by atoms with van der Waals surface area (Å²) < 4.78 is 15.0. The minimum absolute atomic E-state index is 0.0328. The number of aromatic hydroxyl groups is 1. The summed E-state index contributed by atoms with van der Waals surface area (Å²) in [6.45, 7) is 7.62. The van der Waals surface area contributed by atoms with Crippen LogP contribution in [0.25, 0.3) is 0 Å². The fraction of sp³-hybridized carbons (Fsp3) is 0.478. The molecule has 3 unspecified atom stereocenters. The zero-order chi connectivity index (χ0) is 26.0.